The second kappa shape index (κ2) is 8.21. The van der Waals surface area contributed by atoms with Gasteiger partial charge in [0.1, 0.15) is 6.61 Å². The first-order valence-corrected chi connectivity index (χ1v) is 9.42. The van der Waals surface area contributed by atoms with Crippen molar-refractivity contribution in [3.05, 3.63) is 60.2 Å². The van der Waals surface area contributed by atoms with Crippen LogP contribution in [0, 0.1) is 0 Å². The van der Waals surface area contributed by atoms with Crippen LogP contribution in [0.5, 0.6) is 11.5 Å². The van der Waals surface area contributed by atoms with Crippen LogP contribution in [0.1, 0.15) is 12.0 Å². The lowest BCUT2D eigenvalue weighted by Gasteiger charge is -2.26. The number of nitrogens with one attached hydrogen (secondary N) is 2. The number of rotatable bonds is 5. The van der Waals surface area contributed by atoms with Gasteiger partial charge in [0.05, 0.1) is 12.6 Å². The Morgan fingerprint density at radius 3 is 2.64 bits per heavy atom. The molecule has 0 radical (unpaired) electrons. The van der Waals surface area contributed by atoms with Crippen LogP contribution in [0.2, 0.25) is 0 Å². The topological polar surface area (TPSA) is 79.9 Å². The number of benzene rings is 2. The van der Waals surface area contributed by atoms with Gasteiger partial charge in [-0.3, -0.25) is 4.79 Å². The minimum absolute atomic E-state index is 0.0507. The lowest BCUT2D eigenvalue weighted by molar-refractivity contribution is -0.128. The highest BCUT2D eigenvalue weighted by atomic mass is 16.6. The van der Waals surface area contributed by atoms with Gasteiger partial charge < -0.3 is 25.0 Å². The SMILES string of the molecule is O=C(NCC1COc2ccccc2O1)NC1CC(=O)N(Cc2ccccc2)C1. The van der Waals surface area contributed by atoms with Gasteiger partial charge >= 0.3 is 6.03 Å². The van der Waals surface area contributed by atoms with Gasteiger partial charge in [0, 0.05) is 19.5 Å². The molecule has 1 saturated heterocycles. The van der Waals surface area contributed by atoms with E-state index in [9.17, 15) is 9.59 Å². The van der Waals surface area contributed by atoms with Crippen LogP contribution < -0.4 is 20.1 Å². The molecule has 2 aliphatic heterocycles. The molecule has 2 aromatic carbocycles. The first-order valence-electron chi connectivity index (χ1n) is 9.42. The Balaban J connectivity index is 1.22. The van der Waals surface area contributed by atoms with Gasteiger partial charge in [-0.25, -0.2) is 4.79 Å². The number of nitrogens with zero attached hydrogens (tertiary/aromatic N) is 1. The second-order valence-corrected chi connectivity index (χ2v) is 7.01. The second-order valence-electron chi connectivity index (χ2n) is 7.01. The standard InChI is InChI=1S/C21H23N3O4/c25-20-10-16(13-24(20)12-15-6-2-1-3-7-15)23-21(26)22-11-17-14-27-18-8-4-5-9-19(18)28-17/h1-9,16-17H,10-14H2,(H2,22,23,26). The molecule has 146 valence electrons. The fraction of sp³-hybridized carbons (Fsp3) is 0.333. The van der Waals surface area contributed by atoms with E-state index in [1.54, 1.807) is 4.90 Å². The van der Waals surface area contributed by atoms with E-state index in [0.29, 0.717) is 44.2 Å². The Hall–Kier alpha value is -3.22. The maximum atomic E-state index is 12.2. The molecule has 0 aliphatic carbocycles. The predicted molar refractivity (Wildman–Crippen MR) is 103 cm³/mol. The highest BCUT2D eigenvalue weighted by Crippen LogP contribution is 2.30. The molecule has 1 fully saturated rings. The fourth-order valence-electron chi connectivity index (χ4n) is 3.43. The zero-order valence-corrected chi connectivity index (χ0v) is 15.5. The van der Waals surface area contributed by atoms with E-state index in [2.05, 4.69) is 10.6 Å². The fourth-order valence-corrected chi connectivity index (χ4v) is 3.43. The third-order valence-electron chi connectivity index (χ3n) is 4.82. The smallest absolute Gasteiger partial charge is 0.315 e. The summed E-state index contributed by atoms with van der Waals surface area (Å²) in [4.78, 5) is 26.2. The van der Waals surface area contributed by atoms with Gasteiger partial charge in [0.15, 0.2) is 17.6 Å². The number of hydrogen-bond acceptors (Lipinski definition) is 4. The number of para-hydroxylation sites is 2. The number of carbonyl (C=O) groups is 2. The van der Waals surface area contributed by atoms with E-state index in [4.69, 9.17) is 9.47 Å². The van der Waals surface area contributed by atoms with Gasteiger partial charge in [0.2, 0.25) is 5.91 Å². The van der Waals surface area contributed by atoms with Crippen molar-refractivity contribution in [3.63, 3.8) is 0 Å². The molecular formula is C21H23N3O4. The summed E-state index contributed by atoms with van der Waals surface area (Å²) in [7, 11) is 0. The van der Waals surface area contributed by atoms with Gasteiger partial charge in [-0.2, -0.15) is 0 Å². The molecule has 2 aromatic rings. The summed E-state index contributed by atoms with van der Waals surface area (Å²) in [6, 6.07) is 16.8. The average molecular weight is 381 g/mol. The minimum atomic E-state index is -0.304. The third kappa shape index (κ3) is 4.36. The first-order chi connectivity index (χ1) is 13.7. The largest absolute Gasteiger partial charge is 0.486 e. The number of likely N-dealkylation sites (tertiary alicyclic amines) is 1. The van der Waals surface area contributed by atoms with Crippen molar-refractivity contribution < 1.29 is 19.1 Å². The summed E-state index contributed by atoms with van der Waals surface area (Å²) in [5.74, 6) is 1.44. The van der Waals surface area contributed by atoms with Crippen molar-refractivity contribution >= 4 is 11.9 Å². The van der Waals surface area contributed by atoms with Crippen LogP contribution in [0.15, 0.2) is 54.6 Å². The van der Waals surface area contributed by atoms with E-state index < -0.39 is 0 Å². The summed E-state index contributed by atoms with van der Waals surface area (Å²) in [5.41, 5.74) is 1.08. The van der Waals surface area contributed by atoms with E-state index >= 15 is 0 Å². The zero-order chi connectivity index (χ0) is 19.3. The van der Waals surface area contributed by atoms with Crippen molar-refractivity contribution in [1.29, 1.82) is 0 Å². The monoisotopic (exact) mass is 381 g/mol. The molecule has 3 amide bonds. The summed E-state index contributed by atoms with van der Waals surface area (Å²) in [6.07, 6.45) is 0.0665. The number of fused-ring (bicyclic) bond motifs is 1. The van der Waals surface area contributed by atoms with Crippen molar-refractivity contribution in [2.24, 2.45) is 0 Å². The van der Waals surface area contributed by atoms with Gasteiger partial charge in [-0.15, -0.1) is 0 Å². The van der Waals surface area contributed by atoms with Gasteiger partial charge in [-0.1, -0.05) is 42.5 Å². The normalized spacial score (nSPS) is 20.7. The van der Waals surface area contributed by atoms with E-state index in [1.165, 1.54) is 0 Å². The van der Waals surface area contributed by atoms with Crippen LogP contribution >= 0.6 is 0 Å². The predicted octanol–water partition coefficient (Wildman–Crippen LogP) is 1.93. The maximum Gasteiger partial charge on any atom is 0.315 e. The average Bonchev–Trinajstić information content (AvgIpc) is 3.05. The molecule has 0 aromatic heterocycles. The van der Waals surface area contributed by atoms with Crippen molar-refractivity contribution in [2.75, 3.05) is 19.7 Å². The van der Waals surface area contributed by atoms with Crippen molar-refractivity contribution in [1.82, 2.24) is 15.5 Å². The molecule has 2 unspecified atom stereocenters. The van der Waals surface area contributed by atoms with Crippen LogP contribution in [-0.4, -0.2) is 48.7 Å². The van der Waals surface area contributed by atoms with Gasteiger partial charge in [0.25, 0.3) is 0 Å². The Morgan fingerprint density at radius 1 is 1.07 bits per heavy atom. The Kier molecular flexibility index (Phi) is 5.32. The molecule has 0 saturated carbocycles. The van der Waals surface area contributed by atoms with Crippen LogP contribution in [-0.2, 0) is 11.3 Å². The molecule has 0 spiro atoms. The lowest BCUT2D eigenvalue weighted by atomic mass is 10.2. The van der Waals surface area contributed by atoms with Crippen molar-refractivity contribution in [3.8, 4) is 11.5 Å². The van der Waals surface area contributed by atoms with Crippen LogP contribution in [0.4, 0.5) is 4.79 Å². The Labute approximate surface area is 163 Å². The maximum absolute atomic E-state index is 12.2. The number of hydrogen-bond donors (Lipinski definition) is 2. The van der Waals surface area contributed by atoms with Crippen LogP contribution in [0.25, 0.3) is 0 Å². The summed E-state index contributed by atoms with van der Waals surface area (Å²) in [5, 5.41) is 5.68. The number of amides is 3. The Morgan fingerprint density at radius 2 is 1.82 bits per heavy atom. The lowest BCUT2D eigenvalue weighted by Crippen LogP contribution is -2.47. The third-order valence-corrected chi connectivity index (χ3v) is 4.82. The molecule has 7 heteroatoms. The van der Waals surface area contributed by atoms with Crippen LogP contribution in [0.3, 0.4) is 0 Å². The first kappa shape index (κ1) is 18.2. The minimum Gasteiger partial charge on any atom is -0.486 e. The summed E-state index contributed by atoms with van der Waals surface area (Å²) < 4.78 is 11.5. The quantitative estimate of drug-likeness (QED) is 0.829. The van der Waals surface area contributed by atoms with E-state index in [1.807, 2.05) is 54.6 Å². The molecule has 28 heavy (non-hydrogen) atoms. The summed E-state index contributed by atoms with van der Waals surface area (Å²) in [6.45, 7) is 1.78. The van der Waals surface area contributed by atoms with E-state index in [0.717, 1.165) is 5.56 Å². The molecule has 7 nitrogen and oxygen atoms in total. The molecular weight excluding hydrogens is 358 g/mol. The molecule has 2 aliphatic rings. The summed E-state index contributed by atoms with van der Waals surface area (Å²) >= 11 is 0. The van der Waals surface area contributed by atoms with Crippen molar-refractivity contribution in [2.45, 2.75) is 25.1 Å². The number of carbonyl (C=O) groups excluding carboxylic acids is 2. The number of urea groups is 1. The molecule has 0 bridgehead atoms. The molecule has 4 rings (SSSR count). The highest BCUT2D eigenvalue weighted by Gasteiger charge is 2.30. The Bertz CT molecular complexity index is 843. The molecule has 2 heterocycles. The number of ether oxygens (including phenoxy) is 2. The highest BCUT2D eigenvalue weighted by molar-refractivity contribution is 5.81. The molecule has 2 N–H and O–H groups in total. The molecule has 2 atom stereocenters. The zero-order valence-electron chi connectivity index (χ0n) is 15.5. The van der Waals surface area contributed by atoms with E-state index in [-0.39, 0.29) is 24.1 Å². The van der Waals surface area contributed by atoms with Gasteiger partial charge in [-0.05, 0) is 17.7 Å².